The van der Waals surface area contributed by atoms with Crippen LogP contribution in [0.3, 0.4) is 0 Å². The van der Waals surface area contributed by atoms with E-state index in [9.17, 15) is 9.59 Å². The fourth-order valence-corrected chi connectivity index (χ4v) is 4.06. The molecule has 2 aliphatic rings. The second kappa shape index (κ2) is 8.00. The van der Waals surface area contributed by atoms with Gasteiger partial charge in [-0.3, -0.25) is 14.5 Å². The Kier molecular flexibility index (Phi) is 5.74. The molecule has 2 amide bonds. The second-order valence-corrected chi connectivity index (χ2v) is 7.53. The largest absolute Gasteiger partial charge is 0.350 e. The second-order valence-electron chi connectivity index (χ2n) is 7.53. The number of carbonyl (C=O) groups is 2. The molecule has 1 aromatic rings. The third kappa shape index (κ3) is 4.40. The molecule has 5 nitrogen and oxygen atoms in total. The van der Waals surface area contributed by atoms with Crippen LogP contribution in [-0.4, -0.2) is 42.4 Å². The summed E-state index contributed by atoms with van der Waals surface area (Å²) in [7, 11) is 2.10. The summed E-state index contributed by atoms with van der Waals surface area (Å²) in [5.74, 6) is 0.393. The number of nitrogens with one attached hydrogen (secondary N) is 2. The number of likely N-dealkylation sites (N-methyl/N-ethyl adjacent to an activating group) is 1. The van der Waals surface area contributed by atoms with Gasteiger partial charge in [0.25, 0.3) is 0 Å². The Labute approximate surface area is 150 Å². The molecule has 5 heteroatoms. The molecule has 1 heterocycles. The zero-order chi connectivity index (χ0) is 17.8. The summed E-state index contributed by atoms with van der Waals surface area (Å²) in [5.41, 5.74) is 1.22. The molecule has 2 fully saturated rings. The molecule has 0 radical (unpaired) electrons. The number of nitrogens with zero attached hydrogens (tertiary/aromatic N) is 1. The number of likely N-dealkylation sites (tertiary alicyclic amines) is 1. The third-order valence-corrected chi connectivity index (χ3v) is 5.61. The van der Waals surface area contributed by atoms with Crippen LogP contribution in [0.2, 0.25) is 0 Å². The van der Waals surface area contributed by atoms with Crippen molar-refractivity contribution in [3.8, 4) is 0 Å². The summed E-state index contributed by atoms with van der Waals surface area (Å²) < 4.78 is 0. The van der Waals surface area contributed by atoms with Crippen molar-refractivity contribution in [1.82, 2.24) is 15.5 Å². The van der Waals surface area contributed by atoms with E-state index in [1.165, 1.54) is 31.7 Å². The number of carbonyl (C=O) groups excluding carboxylic acids is 2. The van der Waals surface area contributed by atoms with Gasteiger partial charge in [0.1, 0.15) is 6.04 Å². The number of hydrogen-bond donors (Lipinski definition) is 2. The minimum Gasteiger partial charge on any atom is -0.350 e. The average molecular weight is 343 g/mol. The SMILES string of the molecule is CC(=O)N[C@H](CC1CCC1)C(=O)N[C@H]1CCN(C)[C@H]1c1ccccc1. The van der Waals surface area contributed by atoms with Crippen molar-refractivity contribution in [2.24, 2.45) is 5.92 Å². The molecule has 1 aromatic carbocycles. The van der Waals surface area contributed by atoms with Crippen LogP contribution in [0.1, 0.15) is 50.6 Å². The summed E-state index contributed by atoms with van der Waals surface area (Å²) in [6.45, 7) is 2.44. The van der Waals surface area contributed by atoms with E-state index in [1.54, 1.807) is 0 Å². The first kappa shape index (κ1) is 17.9. The van der Waals surface area contributed by atoms with Gasteiger partial charge in [0.15, 0.2) is 0 Å². The van der Waals surface area contributed by atoms with E-state index in [0.29, 0.717) is 5.92 Å². The van der Waals surface area contributed by atoms with Gasteiger partial charge in [-0.2, -0.15) is 0 Å². The lowest BCUT2D eigenvalue weighted by Crippen LogP contribution is -2.51. The van der Waals surface area contributed by atoms with Crippen molar-refractivity contribution in [1.29, 1.82) is 0 Å². The van der Waals surface area contributed by atoms with E-state index >= 15 is 0 Å². The molecule has 0 aromatic heterocycles. The fourth-order valence-electron chi connectivity index (χ4n) is 4.06. The minimum atomic E-state index is -0.412. The first-order chi connectivity index (χ1) is 12.0. The van der Waals surface area contributed by atoms with Crippen molar-refractivity contribution in [3.05, 3.63) is 35.9 Å². The molecule has 2 N–H and O–H groups in total. The predicted octanol–water partition coefficient (Wildman–Crippen LogP) is 2.24. The Bertz CT molecular complexity index is 600. The molecule has 1 aliphatic heterocycles. The lowest BCUT2D eigenvalue weighted by atomic mass is 9.80. The highest BCUT2D eigenvalue weighted by Gasteiger charge is 2.36. The summed E-state index contributed by atoms with van der Waals surface area (Å²) in [5, 5.41) is 6.08. The maximum atomic E-state index is 12.8. The number of amides is 2. The van der Waals surface area contributed by atoms with Crippen LogP contribution in [0.25, 0.3) is 0 Å². The summed E-state index contributed by atoms with van der Waals surface area (Å²) in [6.07, 6.45) is 5.26. The summed E-state index contributed by atoms with van der Waals surface area (Å²) >= 11 is 0. The molecule has 136 valence electrons. The Balaban J connectivity index is 1.67. The standard InChI is InChI=1S/C20H29N3O2/c1-14(24)21-18(13-15-7-6-8-15)20(25)22-17-11-12-23(2)19(17)16-9-4-3-5-10-16/h3-5,9-10,15,17-19H,6-8,11-13H2,1-2H3,(H,21,24)(H,22,25)/t17-,18+,19-/m0/s1. The zero-order valence-electron chi connectivity index (χ0n) is 15.2. The first-order valence-electron chi connectivity index (χ1n) is 9.37. The van der Waals surface area contributed by atoms with E-state index in [2.05, 4.69) is 34.7 Å². The van der Waals surface area contributed by atoms with Crippen LogP contribution in [0.5, 0.6) is 0 Å². The van der Waals surface area contributed by atoms with Crippen LogP contribution >= 0.6 is 0 Å². The molecule has 1 saturated heterocycles. The minimum absolute atomic E-state index is 0.0386. The van der Waals surface area contributed by atoms with E-state index in [-0.39, 0.29) is 23.9 Å². The highest BCUT2D eigenvalue weighted by Crippen LogP contribution is 2.32. The lowest BCUT2D eigenvalue weighted by Gasteiger charge is -2.31. The van der Waals surface area contributed by atoms with Crippen LogP contribution in [0, 0.1) is 5.92 Å². The van der Waals surface area contributed by atoms with E-state index < -0.39 is 6.04 Å². The van der Waals surface area contributed by atoms with Gasteiger partial charge < -0.3 is 10.6 Å². The van der Waals surface area contributed by atoms with E-state index in [1.807, 2.05) is 18.2 Å². The summed E-state index contributed by atoms with van der Waals surface area (Å²) in [4.78, 5) is 26.7. The highest BCUT2D eigenvalue weighted by atomic mass is 16.2. The van der Waals surface area contributed by atoms with Crippen molar-refractivity contribution >= 4 is 11.8 Å². The molecule has 0 spiro atoms. The van der Waals surface area contributed by atoms with Crippen molar-refractivity contribution in [3.63, 3.8) is 0 Å². The van der Waals surface area contributed by atoms with Crippen LogP contribution in [0.15, 0.2) is 30.3 Å². The topological polar surface area (TPSA) is 61.4 Å². The molecule has 1 saturated carbocycles. The van der Waals surface area contributed by atoms with Gasteiger partial charge in [0.2, 0.25) is 11.8 Å². The van der Waals surface area contributed by atoms with Gasteiger partial charge in [-0.05, 0) is 31.4 Å². The van der Waals surface area contributed by atoms with Gasteiger partial charge in [-0.1, -0.05) is 49.6 Å². The molecular weight excluding hydrogens is 314 g/mol. The number of rotatable bonds is 6. The maximum absolute atomic E-state index is 12.8. The van der Waals surface area contributed by atoms with Crippen LogP contribution in [0.4, 0.5) is 0 Å². The molecule has 1 aliphatic carbocycles. The smallest absolute Gasteiger partial charge is 0.242 e. The average Bonchev–Trinajstić information content (AvgIpc) is 2.90. The highest BCUT2D eigenvalue weighted by molar-refractivity contribution is 5.87. The Morgan fingerprint density at radius 1 is 1.20 bits per heavy atom. The van der Waals surface area contributed by atoms with Gasteiger partial charge in [0, 0.05) is 19.5 Å². The Hall–Kier alpha value is -1.88. The van der Waals surface area contributed by atoms with Gasteiger partial charge in [0.05, 0.1) is 6.04 Å². The monoisotopic (exact) mass is 343 g/mol. The van der Waals surface area contributed by atoms with Gasteiger partial charge in [-0.15, -0.1) is 0 Å². The zero-order valence-corrected chi connectivity index (χ0v) is 15.2. The van der Waals surface area contributed by atoms with Crippen molar-refractivity contribution < 1.29 is 9.59 Å². The number of benzene rings is 1. The van der Waals surface area contributed by atoms with E-state index in [4.69, 9.17) is 0 Å². The van der Waals surface area contributed by atoms with Gasteiger partial charge >= 0.3 is 0 Å². The fraction of sp³-hybridized carbons (Fsp3) is 0.600. The Morgan fingerprint density at radius 2 is 1.92 bits per heavy atom. The van der Waals surface area contributed by atoms with Gasteiger partial charge in [-0.25, -0.2) is 0 Å². The lowest BCUT2D eigenvalue weighted by molar-refractivity contribution is -0.129. The maximum Gasteiger partial charge on any atom is 0.242 e. The van der Waals surface area contributed by atoms with Crippen molar-refractivity contribution in [2.75, 3.05) is 13.6 Å². The van der Waals surface area contributed by atoms with Crippen LogP contribution < -0.4 is 10.6 Å². The van der Waals surface area contributed by atoms with E-state index in [0.717, 1.165) is 19.4 Å². The quantitative estimate of drug-likeness (QED) is 0.833. The van der Waals surface area contributed by atoms with Crippen molar-refractivity contribution in [2.45, 2.75) is 57.2 Å². The Morgan fingerprint density at radius 3 is 2.52 bits per heavy atom. The first-order valence-corrected chi connectivity index (χ1v) is 9.37. The normalized spacial score (nSPS) is 25.2. The molecular formula is C20H29N3O2. The molecule has 25 heavy (non-hydrogen) atoms. The third-order valence-electron chi connectivity index (χ3n) is 5.61. The predicted molar refractivity (Wildman–Crippen MR) is 97.9 cm³/mol. The summed E-state index contributed by atoms with van der Waals surface area (Å²) in [6, 6.07) is 10.2. The molecule has 0 bridgehead atoms. The molecule has 3 atom stereocenters. The molecule has 3 rings (SSSR count). The number of hydrogen-bond acceptors (Lipinski definition) is 3. The van der Waals surface area contributed by atoms with Crippen LogP contribution in [-0.2, 0) is 9.59 Å². The molecule has 0 unspecified atom stereocenters.